The van der Waals surface area contributed by atoms with Gasteiger partial charge in [0, 0.05) is 19.4 Å². The number of esters is 1. The van der Waals surface area contributed by atoms with Crippen LogP contribution < -0.4 is 4.90 Å². The minimum atomic E-state index is -0.117. The zero-order valence-electron chi connectivity index (χ0n) is 12.9. The molecule has 5 nitrogen and oxygen atoms in total. The van der Waals surface area contributed by atoms with Crippen LogP contribution in [-0.2, 0) is 19.0 Å². The van der Waals surface area contributed by atoms with Crippen molar-refractivity contribution >= 4 is 5.97 Å². The molecule has 2 atom stereocenters. The molecule has 2 heterocycles. The van der Waals surface area contributed by atoms with Crippen molar-refractivity contribution in [2.24, 2.45) is 5.92 Å². The molecule has 0 aromatic rings. The van der Waals surface area contributed by atoms with Gasteiger partial charge in [0.1, 0.15) is 25.7 Å². The van der Waals surface area contributed by atoms with Gasteiger partial charge in [-0.2, -0.15) is 0 Å². The molecule has 0 saturated carbocycles. The Morgan fingerprint density at radius 3 is 2.90 bits per heavy atom. The predicted molar refractivity (Wildman–Crippen MR) is 77.9 cm³/mol. The Kier molecular flexibility index (Phi) is 7.01. The Balaban J connectivity index is 1.65. The van der Waals surface area contributed by atoms with Gasteiger partial charge in [-0.05, 0) is 12.3 Å². The fourth-order valence-electron chi connectivity index (χ4n) is 2.57. The predicted octanol–water partition coefficient (Wildman–Crippen LogP) is -0.347. The van der Waals surface area contributed by atoms with Gasteiger partial charge in [0.2, 0.25) is 0 Å². The molecule has 2 aliphatic heterocycles. The summed E-state index contributed by atoms with van der Waals surface area (Å²) < 4.78 is 16.1. The summed E-state index contributed by atoms with van der Waals surface area (Å²) in [6.07, 6.45) is 2.24. The smallest absolute Gasteiger partial charge is 0.310 e. The Hall–Kier alpha value is -1.09. The maximum absolute atomic E-state index is 11.7. The summed E-state index contributed by atoms with van der Waals surface area (Å²) in [4.78, 5) is 13.2. The van der Waals surface area contributed by atoms with Crippen molar-refractivity contribution in [1.29, 1.82) is 0 Å². The number of hydrogen-bond donors (Lipinski definition) is 1. The molecule has 118 valence electrons. The number of carbonyl (C=O) groups is 1. The average Bonchev–Trinajstić information content (AvgIpc) is 2.85. The lowest BCUT2D eigenvalue weighted by molar-refractivity contribution is -0.900. The average molecular weight is 296 g/mol. The molecule has 5 heteroatoms. The standard InChI is InChI=1S/C16H25NO4/c1-2-9-20-13-15-12-14(16(18)21-15)5-3-4-6-17-7-10-19-11-8-17/h14-15H,2,5-13H2,1H3/p+1. The SMILES string of the molecule is CCCOCC1CC(CC#CC[NH+]2CCOCC2)C(=O)O1. The molecule has 1 N–H and O–H groups in total. The molecule has 0 radical (unpaired) electrons. The van der Waals surface area contributed by atoms with Crippen LogP contribution in [0.25, 0.3) is 0 Å². The third kappa shape index (κ3) is 5.66. The van der Waals surface area contributed by atoms with Crippen molar-refractivity contribution in [3.63, 3.8) is 0 Å². The van der Waals surface area contributed by atoms with Crippen LogP contribution in [0.3, 0.4) is 0 Å². The number of cyclic esters (lactones) is 1. The number of morpholine rings is 1. The van der Waals surface area contributed by atoms with Crippen LogP contribution >= 0.6 is 0 Å². The zero-order chi connectivity index (χ0) is 14.9. The van der Waals surface area contributed by atoms with Gasteiger partial charge in [0.15, 0.2) is 0 Å². The molecular formula is C16H26NO4+. The van der Waals surface area contributed by atoms with Crippen LogP contribution in [0.15, 0.2) is 0 Å². The fourth-order valence-corrected chi connectivity index (χ4v) is 2.57. The van der Waals surface area contributed by atoms with E-state index in [2.05, 4.69) is 18.8 Å². The lowest BCUT2D eigenvalue weighted by Crippen LogP contribution is -3.14. The van der Waals surface area contributed by atoms with Crippen LogP contribution in [0, 0.1) is 17.8 Å². The van der Waals surface area contributed by atoms with Crippen LogP contribution in [0.1, 0.15) is 26.2 Å². The van der Waals surface area contributed by atoms with Crippen molar-refractivity contribution in [2.75, 3.05) is 46.1 Å². The molecule has 0 aromatic heterocycles. The van der Waals surface area contributed by atoms with E-state index in [1.165, 1.54) is 4.90 Å². The molecular weight excluding hydrogens is 270 g/mol. The minimum Gasteiger partial charge on any atom is -0.460 e. The molecule has 0 aliphatic carbocycles. The fraction of sp³-hybridized carbons (Fsp3) is 0.812. The molecule has 2 unspecified atom stereocenters. The summed E-state index contributed by atoms with van der Waals surface area (Å²) in [7, 11) is 0. The van der Waals surface area contributed by atoms with Gasteiger partial charge < -0.3 is 19.1 Å². The molecule has 21 heavy (non-hydrogen) atoms. The Morgan fingerprint density at radius 2 is 2.14 bits per heavy atom. The summed E-state index contributed by atoms with van der Waals surface area (Å²) in [5.41, 5.74) is 0. The highest BCUT2D eigenvalue weighted by Crippen LogP contribution is 2.23. The molecule has 0 bridgehead atoms. The second-order valence-corrected chi connectivity index (χ2v) is 5.66. The van der Waals surface area contributed by atoms with E-state index in [1.807, 2.05) is 0 Å². The minimum absolute atomic E-state index is 0.0765. The number of ether oxygens (including phenoxy) is 3. The van der Waals surface area contributed by atoms with Gasteiger partial charge >= 0.3 is 5.97 Å². The first-order valence-electron chi connectivity index (χ1n) is 7.95. The zero-order valence-corrected chi connectivity index (χ0v) is 12.9. The Labute approximate surface area is 126 Å². The quantitative estimate of drug-likeness (QED) is 0.414. The second kappa shape index (κ2) is 9.04. The molecule has 0 aromatic carbocycles. The number of rotatable bonds is 6. The molecule has 2 fully saturated rings. The van der Waals surface area contributed by atoms with E-state index in [-0.39, 0.29) is 18.0 Å². The molecule has 2 aliphatic rings. The van der Waals surface area contributed by atoms with Crippen LogP contribution in [0.2, 0.25) is 0 Å². The number of carbonyl (C=O) groups excluding carboxylic acids is 1. The summed E-state index contributed by atoms with van der Waals surface area (Å²) >= 11 is 0. The topological polar surface area (TPSA) is 49.2 Å². The normalized spacial score (nSPS) is 26.2. The van der Waals surface area contributed by atoms with Crippen LogP contribution in [0.4, 0.5) is 0 Å². The summed E-state index contributed by atoms with van der Waals surface area (Å²) in [5, 5.41) is 0. The van der Waals surface area contributed by atoms with Crippen LogP contribution in [0.5, 0.6) is 0 Å². The van der Waals surface area contributed by atoms with Crippen molar-refractivity contribution in [1.82, 2.24) is 0 Å². The first-order valence-corrected chi connectivity index (χ1v) is 7.95. The molecule has 0 amide bonds. The molecule has 0 spiro atoms. The van der Waals surface area contributed by atoms with Gasteiger partial charge in [-0.25, -0.2) is 0 Å². The van der Waals surface area contributed by atoms with E-state index >= 15 is 0 Å². The van der Waals surface area contributed by atoms with Gasteiger partial charge in [-0.15, -0.1) is 0 Å². The number of quaternary nitrogens is 1. The van der Waals surface area contributed by atoms with Gasteiger partial charge in [0.25, 0.3) is 0 Å². The Bertz CT molecular complexity index is 381. The van der Waals surface area contributed by atoms with Gasteiger partial charge in [-0.1, -0.05) is 12.8 Å². The highest BCUT2D eigenvalue weighted by molar-refractivity contribution is 5.75. The van der Waals surface area contributed by atoms with E-state index in [0.717, 1.165) is 52.3 Å². The Morgan fingerprint density at radius 1 is 1.33 bits per heavy atom. The van der Waals surface area contributed by atoms with Gasteiger partial charge in [-0.3, -0.25) is 4.79 Å². The number of nitrogens with one attached hydrogen (secondary N) is 1. The van der Waals surface area contributed by atoms with Crippen molar-refractivity contribution < 1.29 is 23.9 Å². The monoisotopic (exact) mass is 296 g/mol. The lowest BCUT2D eigenvalue weighted by atomic mass is 10.0. The second-order valence-electron chi connectivity index (χ2n) is 5.66. The summed E-state index contributed by atoms with van der Waals surface area (Å²) in [6, 6.07) is 0. The van der Waals surface area contributed by atoms with Gasteiger partial charge in [0.05, 0.1) is 25.7 Å². The summed E-state index contributed by atoms with van der Waals surface area (Å²) in [5.74, 6) is 6.13. The highest BCUT2D eigenvalue weighted by Gasteiger charge is 2.33. The third-order valence-electron chi connectivity index (χ3n) is 3.83. The first-order chi connectivity index (χ1) is 10.3. The molecule has 2 rings (SSSR count). The lowest BCUT2D eigenvalue weighted by Gasteiger charge is -2.21. The third-order valence-corrected chi connectivity index (χ3v) is 3.83. The van der Waals surface area contributed by atoms with E-state index in [0.29, 0.717) is 13.0 Å². The largest absolute Gasteiger partial charge is 0.460 e. The molecule has 2 saturated heterocycles. The van der Waals surface area contributed by atoms with E-state index in [1.54, 1.807) is 0 Å². The maximum atomic E-state index is 11.7. The van der Waals surface area contributed by atoms with E-state index in [9.17, 15) is 4.79 Å². The van der Waals surface area contributed by atoms with Crippen LogP contribution in [-0.4, -0.2) is 58.1 Å². The highest BCUT2D eigenvalue weighted by atomic mass is 16.6. The number of hydrogen-bond acceptors (Lipinski definition) is 4. The van der Waals surface area contributed by atoms with E-state index < -0.39 is 0 Å². The van der Waals surface area contributed by atoms with E-state index in [4.69, 9.17) is 14.2 Å². The van der Waals surface area contributed by atoms with Crippen molar-refractivity contribution in [3.8, 4) is 11.8 Å². The first kappa shape index (κ1) is 16.3. The maximum Gasteiger partial charge on any atom is 0.310 e. The summed E-state index contributed by atoms with van der Waals surface area (Å²) in [6.45, 7) is 7.84. The van der Waals surface area contributed by atoms with Crippen molar-refractivity contribution in [2.45, 2.75) is 32.3 Å². The van der Waals surface area contributed by atoms with Crippen molar-refractivity contribution in [3.05, 3.63) is 0 Å².